The van der Waals surface area contributed by atoms with Gasteiger partial charge in [-0.15, -0.1) is 0 Å². The van der Waals surface area contributed by atoms with Crippen molar-refractivity contribution in [1.82, 2.24) is 4.98 Å². The van der Waals surface area contributed by atoms with E-state index in [0.717, 1.165) is 6.07 Å². The quantitative estimate of drug-likeness (QED) is 0.757. The van der Waals surface area contributed by atoms with Gasteiger partial charge in [-0.05, 0) is 37.3 Å². The molecule has 0 saturated heterocycles. The number of pyridine rings is 1. The Morgan fingerprint density at radius 1 is 1.32 bits per heavy atom. The third kappa shape index (κ3) is 4.05. The van der Waals surface area contributed by atoms with E-state index in [4.69, 9.17) is 38.0 Å². The second kappa shape index (κ2) is 7.38. The van der Waals surface area contributed by atoms with Gasteiger partial charge >= 0.3 is 0 Å². The lowest BCUT2D eigenvalue weighted by atomic mass is 10.3. The molecule has 1 aromatic heterocycles. The van der Waals surface area contributed by atoms with Crippen molar-refractivity contribution in [3.8, 4) is 17.4 Å². The van der Waals surface area contributed by atoms with Gasteiger partial charge in [0.2, 0.25) is 5.88 Å². The molecule has 0 aliphatic carbocycles. The molecule has 2 rings (SSSR count). The Bertz CT molecular complexity index is 696. The average molecular weight is 342 g/mol. The number of aryl methyl sites for hydroxylation is 1. The summed E-state index contributed by atoms with van der Waals surface area (Å²) in [6.45, 7) is 1.63. The number of hydrogen-bond acceptors (Lipinski definition) is 5. The molecule has 0 aliphatic heterocycles. The third-order valence-corrected chi connectivity index (χ3v) is 3.26. The maximum Gasteiger partial charge on any atom is 0.238 e. The summed E-state index contributed by atoms with van der Waals surface area (Å²) in [6, 6.07) is 8.09. The average Bonchev–Trinajstić information content (AvgIpc) is 2.51. The molecule has 0 atom stereocenters. The number of halogens is 2. The highest BCUT2D eigenvalue weighted by Gasteiger charge is 2.13. The zero-order valence-electron chi connectivity index (χ0n) is 11.9. The lowest BCUT2D eigenvalue weighted by Crippen LogP contribution is -2.10. The fraction of sp³-hybridized carbons (Fsp3) is 0.200. The Hall–Kier alpha value is -1.92. The predicted octanol–water partition coefficient (Wildman–Crippen LogP) is 4.33. The molecule has 0 radical (unpaired) electrons. The molecule has 1 heterocycles. The minimum absolute atomic E-state index is 0.0744. The van der Waals surface area contributed by atoms with Gasteiger partial charge in [0, 0.05) is 0 Å². The Labute approximate surface area is 137 Å². The van der Waals surface area contributed by atoms with Crippen molar-refractivity contribution in [2.24, 2.45) is 0 Å². The number of hydrogen-bond donors (Lipinski definition) is 0. The van der Waals surface area contributed by atoms with E-state index in [9.17, 15) is 4.39 Å². The Balaban J connectivity index is 2.23. The number of methoxy groups -OCH3 is 1. The monoisotopic (exact) mass is 341 g/mol. The number of thiocarbonyl (C=S) groups is 1. The van der Waals surface area contributed by atoms with Crippen LogP contribution in [-0.4, -0.2) is 23.8 Å². The first-order valence-electron chi connectivity index (χ1n) is 6.30. The van der Waals surface area contributed by atoms with Gasteiger partial charge in [0.25, 0.3) is 0 Å². The van der Waals surface area contributed by atoms with Crippen molar-refractivity contribution in [1.29, 1.82) is 0 Å². The summed E-state index contributed by atoms with van der Waals surface area (Å²) in [5.74, 6) is 0.446. The van der Waals surface area contributed by atoms with Crippen molar-refractivity contribution in [2.45, 2.75) is 6.92 Å². The largest absolute Gasteiger partial charge is 0.487 e. The normalized spacial score (nSPS) is 10.2. The van der Waals surface area contributed by atoms with Crippen LogP contribution in [0.1, 0.15) is 5.69 Å². The lowest BCUT2D eigenvalue weighted by molar-refractivity contribution is 0.309. The summed E-state index contributed by atoms with van der Waals surface area (Å²) in [5, 5.41) is 0.383. The first-order chi connectivity index (χ1) is 10.5. The Morgan fingerprint density at radius 3 is 2.68 bits per heavy atom. The van der Waals surface area contributed by atoms with Crippen LogP contribution in [-0.2, 0) is 4.74 Å². The zero-order chi connectivity index (χ0) is 16.1. The molecule has 7 heteroatoms. The summed E-state index contributed by atoms with van der Waals surface area (Å²) in [4.78, 5) is 3.98. The standard InChI is InChI=1S/C15H13ClFNO3S/c1-9-11(17)7-10(16)15(18-9)21-13-6-4-3-5-12(13)20-8-14(22)19-2/h3-7H,8H2,1-2H3. The molecule has 0 bridgehead atoms. The van der Waals surface area contributed by atoms with Gasteiger partial charge < -0.3 is 14.2 Å². The van der Waals surface area contributed by atoms with E-state index in [1.165, 1.54) is 14.0 Å². The highest BCUT2D eigenvalue weighted by atomic mass is 35.5. The Kier molecular flexibility index (Phi) is 5.51. The van der Waals surface area contributed by atoms with Crippen LogP contribution < -0.4 is 9.47 Å². The highest BCUT2D eigenvalue weighted by Crippen LogP contribution is 2.34. The van der Waals surface area contributed by atoms with E-state index in [-0.39, 0.29) is 23.2 Å². The SMILES string of the molecule is COC(=S)COc1ccccc1Oc1nc(C)c(F)cc1Cl. The van der Waals surface area contributed by atoms with Crippen LogP contribution in [0.3, 0.4) is 0 Å². The predicted molar refractivity (Wildman–Crippen MR) is 85.6 cm³/mol. The summed E-state index contributed by atoms with van der Waals surface area (Å²) in [6.07, 6.45) is 0. The molecule has 1 aromatic carbocycles. The summed E-state index contributed by atoms with van der Waals surface area (Å²) in [5.41, 5.74) is 0.193. The molecule has 0 amide bonds. The number of aromatic nitrogens is 1. The fourth-order valence-corrected chi connectivity index (χ4v) is 1.80. The molecule has 0 N–H and O–H groups in total. The molecule has 0 fully saturated rings. The van der Waals surface area contributed by atoms with E-state index < -0.39 is 5.82 Å². The molecule has 0 unspecified atom stereocenters. The van der Waals surface area contributed by atoms with Crippen molar-refractivity contribution in [3.05, 3.63) is 46.9 Å². The van der Waals surface area contributed by atoms with Crippen LogP contribution in [0.4, 0.5) is 4.39 Å². The fourth-order valence-electron chi connectivity index (χ4n) is 1.56. The second-order valence-electron chi connectivity index (χ2n) is 4.26. The number of nitrogens with zero attached hydrogens (tertiary/aromatic N) is 1. The van der Waals surface area contributed by atoms with E-state index in [1.807, 2.05) is 0 Å². The first-order valence-corrected chi connectivity index (χ1v) is 7.09. The van der Waals surface area contributed by atoms with Crippen LogP contribution >= 0.6 is 23.8 Å². The molecule has 0 spiro atoms. The maximum atomic E-state index is 13.4. The zero-order valence-corrected chi connectivity index (χ0v) is 13.5. The van der Waals surface area contributed by atoms with E-state index >= 15 is 0 Å². The van der Waals surface area contributed by atoms with E-state index in [2.05, 4.69) is 4.98 Å². The van der Waals surface area contributed by atoms with Gasteiger partial charge in [0.05, 0.1) is 12.8 Å². The summed E-state index contributed by atoms with van der Waals surface area (Å²) >= 11 is 10.9. The van der Waals surface area contributed by atoms with Gasteiger partial charge in [0.1, 0.15) is 10.8 Å². The topological polar surface area (TPSA) is 40.6 Å². The van der Waals surface area contributed by atoms with Gasteiger partial charge in [-0.1, -0.05) is 23.7 Å². The molecular formula is C15H13ClFNO3S. The van der Waals surface area contributed by atoms with Gasteiger partial charge in [-0.25, -0.2) is 9.37 Å². The number of para-hydroxylation sites is 2. The lowest BCUT2D eigenvalue weighted by Gasteiger charge is -2.13. The summed E-state index contributed by atoms with van der Waals surface area (Å²) in [7, 11) is 1.47. The van der Waals surface area contributed by atoms with E-state index in [0.29, 0.717) is 16.5 Å². The van der Waals surface area contributed by atoms with Crippen molar-refractivity contribution >= 4 is 28.9 Å². The minimum Gasteiger partial charge on any atom is -0.487 e. The molecule has 116 valence electrons. The third-order valence-electron chi connectivity index (χ3n) is 2.70. The molecular weight excluding hydrogens is 329 g/mol. The number of benzene rings is 1. The molecule has 22 heavy (non-hydrogen) atoms. The van der Waals surface area contributed by atoms with Crippen LogP contribution in [0.15, 0.2) is 30.3 Å². The first kappa shape index (κ1) is 16.5. The van der Waals surface area contributed by atoms with Crippen molar-refractivity contribution in [2.75, 3.05) is 13.7 Å². The van der Waals surface area contributed by atoms with Gasteiger partial charge in [0.15, 0.2) is 23.2 Å². The molecule has 4 nitrogen and oxygen atoms in total. The van der Waals surface area contributed by atoms with Crippen LogP contribution in [0, 0.1) is 12.7 Å². The van der Waals surface area contributed by atoms with E-state index in [1.54, 1.807) is 24.3 Å². The van der Waals surface area contributed by atoms with Crippen LogP contribution in [0.25, 0.3) is 0 Å². The molecule has 0 saturated carbocycles. The van der Waals surface area contributed by atoms with Gasteiger partial charge in [-0.2, -0.15) is 0 Å². The van der Waals surface area contributed by atoms with Gasteiger partial charge in [-0.3, -0.25) is 0 Å². The van der Waals surface area contributed by atoms with Crippen LogP contribution in [0.5, 0.6) is 17.4 Å². The Morgan fingerprint density at radius 2 is 2.00 bits per heavy atom. The number of rotatable bonds is 5. The van der Waals surface area contributed by atoms with Crippen molar-refractivity contribution in [3.63, 3.8) is 0 Å². The maximum absolute atomic E-state index is 13.4. The minimum atomic E-state index is -0.493. The van der Waals surface area contributed by atoms with Crippen LogP contribution in [0.2, 0.25) is 5.02 Å². The highest BCUT2D eigenvalue weighted by molar-refractivity contribution is 7.80. The molecule has 2 aromatic rings. The molecule has 0 aliphatic rings. The second-order valence-corrected chi connectivity index (χ2v) is 5.12. The van der Waals surface area contributed by atoms with Crippen molar-refractivity contribution < 1.29 is 18.6 Å². The smallest absolute Gasteiger partial charge is 0.238 e. The number of ether oxygens (including phenoxy) is 3. The summed E-state index contributed by atoms with van der Waals surface area (Å²) < 4.78 is 29.4.